The Kier molecular flexibility index (Phi) is 9.91. The van der Waals surface area contributed by atoms with Gasteiger partial charge in [0.2, 0.25) is 15.9 Å². The van der Waals surface area contributed by atoms with Crippen molar-refractivity contribution in [3.63, 3.8) is 0 Å². The highest BCUT2D eigenvalue weighted by molar-refractivity contribution is 7.90. The molecule has 2 amide bonds. The fraction of sp³-hybridized carbons (Fsp3) is 0.568. The van der Waals surface area contributed by atoms with Gasteiger partial charge in [-0.3, -0.25) is 9.59 Å². The number of carbonyl (C=O) groups excluding carboxylic acids is 2. The summed E-state index contributed by atoms with van der Waals surface area (Å²) in [6.45, 7) is 7.33. The zero-order valence-corrected chi connectivity index (χ0v) is 30.1. The minimum atomic E-state index is -3.99. The number of ether oxygens (including phenoxy) is 2. The highest BCUT2D eigenvalue weighted by Gasteiger charge is 2.45. The first-order valence-electron chi connectivity index (χ1n) is 17.1. The number of nitrogens with zero attached hydrogens (tertiary/aromatic N) is 2. The van der Waals surface area contributed by atoms with E-state index in [9.17, 15) is 18.0 Å². The van der Waals surface area contributed by atoms with Crippen molar-refractivity contribution in [3.8, 4) is 5.75 Å². The number of amides is 2. The maximum atomic E-state index is 13.5. The molecule has 11 heteroatoms. The molecule has 1 saturated carbocycles. The van der Waals surface area contributed by atoms with Crippen LogP contribution in [0.1, 0.15) is 67.9 Å². The topological polar surface area (TPSA) is 105 Å². The number of benzene rings is 2. The molecule has 1 spiro atoms. The summed E-state index contributed by atoms with van der Waals surface area (Å²) in [6.07, 6.45) is 8.62. The average molecular weight is 698 g/mol. The molecule has 6 rings (SSSR count). The van der Waals surface area contributed by atoms with Crippen molar-refractivity contribution in [3.05, 3.63) is 70.3 Å². The van der Waals surface area contributed by atoms with Crippen molar-refractivity contribution < 1.29 is 27.5 Å². The Bertz CT molecular complexity index is 1700. The summed E-state index contributed by atoms with van der Waals surface area (Å²) in [7, 11) is -0.554. The number of allylic oxidation sites excluding steroid dienone is 1. The largest absolute Gasteiger partial charge is 0.490 e. The van der Waals surface area contributed by atoms with E-state index in [1.807, 2.05) is 32.1 Å². The van der Waals surface area contributed by atoms with Crippen LogP contribution in [0.4, 0.5) is 5.69 Å². The van der Waals surface area contributed by atoms with Crippen molar-refractivity contribution in [2.45, 2.75) is 69.6 Å². The molecule has 0 aromatic heterocycles. The summed E-state index contributed by atoms with van der Waals surface area (Å²) in [5.41, 5.74) is 3.24. The summed E-state index contributed by atoms with van der Waals surface area (Å²) < 4.78 is 42.3. The molecule has 2 aromatic carbocycles. The molecule has 7 atom stereocenters. The Hall–Kier alpha value is -3.08. The number of hydrogen-bond donors (Lipinski definition) is 1. The third kappa shape index (κ3) is 6.85. The summed E-state index contributed by atoms with van der Waals surface area (Å²) in [5, 5.41) is -0.109. The number of hydrogen-bond acceptors (Lipinski definition) is 7. The molecule has 260 valence electrons. The molecular formula is C37H48ClN3O6S. The molecule has 1 N–H and O–H groups in total. The molecule has 1 fully saturated rings. The van der Waals surface area contributed by atoms with Crippen LogP contribution in [0.5, 0.6) is 5.75 Å². The standard InChI is InChI=1S/C37H48ClN3O6S/c1-23-8-14-33(46-20-35(42)40(4)5)30-12-9-28(30)19-41-21-37(16-6-7-26-17-29(38)11-13-31(26)37)22-47-34-15-10-27(18-32(34)41)36(43)39-48(44,45)25(3)24(23)2/h8,10-11,13-15,17-18,23-25,28,30,33H,6-7,9,12,16,19-22H2,1-5H3,(H,39,43)/b14-8-/t23-,24-,25+,28-,30+,33-,37-/m0/s1. The number of nitrogens with one attached hydrogen (secondary N) is 1. The third-order valence-electron chi connectivity index (χ3n) is 11.4. The van der Waals surface area contributed by atoms with Crippen LogP contribution < -0.4 is 14.4 Å². The molecular weight excluding hydrogens is 650 g/mol. The first-order valence-corrected chi connectivity index (χ1v) is 19.1. The molecule has 2 heterocycles. The van der Waals surface area contributed by atoms with Gasteiger partial charge in [0.1, 0.15) is 12.4 Å². The van der Waals surface area contributed by atoms with Gasteiger partial charge in [0.15, 0.2) is 0 Å². The van der Waals surface area contributed by atoms with E-state index in [0.29, 0.717) is 25.4 Å². The molecule has 2 aromatic rings. The molecule has 0 unspecified atom stereocenters. The van der Waals surface area contributed by atoms with E-state index in [4.69, 9.17) is 21.1 Å². The van der Waals surface area contributed by atoms with E-state index in [2.05, 4.69) is 21.8 Å². The van der Waals surface area contributed by atoms with E-state index in [-0.39, 0.29) is 53.3 Å². The Morgan fingerprint density at radius 3 is 2.65 bits per heavy atom. The number of fused-ring (bicyclic) bond motifs is 4. The van der Waals surface area contributed by atoms with Crippen LogP contribution in [-0.4, -0.2) is 76.9 Å². The van der Waals surface area contributed by atoms with E-state index in [0.717, 1.165) is 42.8 Å². The molecule has 48 heavy (non-hydrogen) atoms. The zero-order chi connectivity index (χ0) is 34.4. The van der Waals surface area contributed by atoms with Gasteiger partial charge in [0, 0.05) is 43.2 Å². The summed E-state index contributed by atoms with van der Waals surface area (Å²) in [6, 6.07) is 11.4. The lowest BCUT2D eigenvalue weighted by Crippen LogP contribution is -2.50. The van der Waals surface area contributed by atoms with Gasteiger partial charge >= 0.3 is 0 Å². The number of likely N-dealkylation sites (N-methyl/N-ethyl adjacent to an activating group) is 1. The predicted octanol–water partition coefficient (Wildman–Crippen LogP) is 5.60. The van der Waals surface area contributed by atoms with Crippen LogP contribution in [0.2, 0.25) is 5.02 Å². The molecule has 0 radical (unpaired) electrons. The van der Waals surface area contributed by atoms with Gasteiger partial charge in [-0.2, -0.15) is 0 Å². The van der Waals surface area contributed by atoms with Crippen molar-refractivity contribution in [1.82, 2.24) is 9.62 Å². The van der Waals surface area contributed by atoms with E-state index in [1.165, 1.54) is 16.0 Å². The van der Waals surface area contributed by atoms with Gasteiger partial charge in [-0.1, -0.05) is 43.7 Å². The number of rotatable bonds is 3. The second-order valence-corrected chi connectivity index (χ2v) is 17.1. The number of anilines is 1. The van der Waals surface area contributed by atoms with E-state index >= 15 is 0 Å². The summed E-state index contributed by atoms with van der Waals surface area (Å²) in [4.78, 5) is 30.0. The Morgan fingerprint density at radius 2 is 1.92 bits per heavy atom. The zero-order valence-electron chi connectivity index (χ0n) is 28.6. The van der Waals surface area contributed by atoms with Crippen LogP contribution >= 0.6 is 11.6 Å². The van der Waals surface area contributed by atoms with Crippen molar-refractivity contribution in [2.24, 2.45) is 23.7 Å². The summed E-state index contributed by atoms with van der Waals surface area (Å²) >= 11 is 6.44. The van der Waals surface area contributed by atoms with Gasteiger partial charge in [-0.05, 0) is 104 Å². The monoisotopic (exact) mass is 697 g/mol. The van der Waals surface area contributed by atoms with Crippen molar-refractivity contribution in [2.75, 3.05) is 45.3 Å². The SMILES string of the molecule is C[C@@H]1[C@@H](C)S(=O)(=O)NC(=O)c2ccc3c(c2)N(C[C@@H]2CC[C@H]2[C@@H](OCC(=O)N(C)C)/C=C\[C@@H]1C)C[C@@]1(CCCc2cc(Cl)ccc21)CO3. The predicted molar refractivity (Wildman–Crippen MR) is 188 cm³/mol. The van der Waals surface area contributed by atoms with Crippen LogP contribution in [-0.2, 0) is 31.4 Å². The quantitative estimate of drug-likeness (QED) is 0.417. The van der Waals surface area contributed by atoms with Gasteiger partial charge in [0.05, 0.1) is 23.6 Å². The molecule has 0 saturated heterocycles. The maximum Gasteiger partial charge on any atom is 0.264 e. The highest BCUT2D eigenvalue weighted by atomic mass is 35.5. The minimum Gasteiger partial charge on any atom is -0.490 e. The number of carbonyl (C=O) groups is 2. The fourth-order valence-electron chi connectivity index (χ4n) is 7.86. The van der Waals surface area contributed by atoms with Crippen molar-refractivity contribution in [1.29, 1.82) is 0 Å². The Labute approximate surface area is 290 Å². The second-order valence-electron chi connectivity index (χ2n) is 14.6. The van der Waals surface area contributed by atoms with Crippen LogP contribution in [0, 0.1) is 23.7 Å². The van der Waals surface area contributed by atoms with Gasteiger partial charge < -0.3 is 19.3 Å². The number of aryl methyl sites for hydroxylation is 1. The van der Waals surface area contributed by atoms with Crippen LogP contribution in [0.25, 0.3) is 0 Å². The lowest BCUT2D eigenvalue weighted by molar-refractivity contribution is -0.137. The van der Waals surface area contributed by atoms with E-state index < -0.39 is 21.2 Å². The Morgan fingerprint density at radius 1 is 1.12 bits per heavy atom. The Balaban J connectivity index is 1.42. The lowest BCUT2D eigenvalue weighted by Gasteiger charge is -2.46. The first kappa shape index (κ1) is 34.8. The van der Waals surface area contributed by atoms with Gasteiger partial charge in [-0.15, -0.1) is 0 Å². The minimum absolute atomic E-state index is 0.0296. The normalized spacial score (nSPS) is 32.0. The van der Waals surface area contributed by atoms with Crippen LogP contribution in [0.3, 0.4) is 0 Å². The number of sulfonamides is 1. The molecule has 2 aliphatic heterocycles. The average Bonchev–Trinajstić information content (AvgIpc) is 3.19. The lowest BCUT2D eigenvalue weighted by atomic mass is 9.68. The molecule has 9 nitrogen and oxygen atoms in total. The smallest absolute Gasteiger partial charge is 0.264 e. The molecule has 4 aliphatic rings. The van der Waals surface area contributed by atoms with Crippen molar-refractivity contribution >= 4 is 39.1 Å². The number of halogens is 1. The molecule has 2 aliphatic carbocycles. The molecule has 2 bridgehead atoms. The third-order valence-corrected chi connectivity index (χ3v) is 13.6. The second kappa shape index (κ2) is 13.7. The highest BCUT2D eigenvalue weighted by Crippen LogP contribution is 2.47. The van der Waals surface area contributed by atoms with E-state index in [1.54, 1.807) is 39.2 Å². The van der Waals surface area contributed by atoms with Gasteiger partial charge in [0.25, 0.3) is 5.91 Å². The fourth-order valence-corrected chi connectivity index (χ4v) is 9.43. The first-order chi connectivity index (χ1) is 22.8. The summed E-state index contributed by atoms with van der Waals surface area (Å²) in [5.74, 6) is -0.0626. The van der Waals surface area contributed by atoms with Crippen LogP contribution in [0.15, 0.2) is 48.6 Å². The van der Waals surface area contributed by atoms with Gasteiger partial charge in [-0.25, -0.2) is 13.1 Å². The maximum absolute atomic E-state index is 13.5.